The first-order valence-electron chi connectivity index (χ1n) is 4.34. The topological polar surface area (TPSA) is 24.1 Å². The molecule has 0 bridgehead atoms. The van der Waals surface area contributed by atoms with Crippen LogP contribution in [0.5, 0.6) is 0 Å². The molecule has 0 radical (unpaired) electrons. The maximum absolute atomic E-state index is 3.52. The predicted octanol–water partition coefficient (Wildman–Crippen LogP) is 2.13. The van der Waals surface area contributed by atoms with Crippen molar-refractivity contribution in [1.82, 2.24) is 10.6 Å². The van der Waals surface area contributed by atoms with Crippen molar-refractivity contribution < 1.29 is 0 Å². The summed E-state index contributed by atoms with van der Waals surface area (Å²) in [5.74, 6) is 0. The first-order valence-corrected chi connectivity index (χ1v) is 5.95. The van der Waals surface area contributed by atoms with Gasteiger partial charge in [-0.2, -0.15) is 0 Å². The number of likely N-dealkylation sites (N-methyl/N-ethyl adjacent to an activating group) is 1. The van der Waals surface area contributed by atoms with Gasteiger partial charge in [0.1, 0.15) is 0 Å². The van der Waals surface area contributed by atoms with Gasteiger partial charge in [-0.25, -0.2) is 0 Å². The van der Waals surface area contributed by atoms with Gasteiger partial charge in [-0.3, -0.25) is 0 Å². The Morgan fingerprint density at radius 3 is 2.77 bits per heavy atom. The molecule has 0 aromatic carbocycles. The van der Waals surface area contributed by atoms with Gasteiger partial charge in [0.2, 0.25) is 0 Å². The zero-order valence-corrected chi connectivity index (χ0v) is 10.4. The molecule has 0 aliphatic heterocycles. The van der Waals surface area contributed by atoms with Crippen molar-refractivity contribution in [2.75, 3.05) is 20.1 Å². The summed E-state index contributed by atoms with van der Waals surface area (Å²) >= 11 is 5.32. The SMILES string of the molecule is CNCCNCc1cc(C)c(Br)s1. The maximum atomic E-state index is 3.52. The van der Waals surface area contributed by atoms with Gasteiger partial charge in [0.15, 0.2) is 0 Å². The second-order valence-corrected chi connectivity index (χ2v) is 5.40. The molecule has 0 amide bonds. The number of nitrogens with one attached hydrogen (secondary N) is 2. The molecule has 0 aliphatic rings. The molecule has 2 nitrogen and oxygen atoms in total. The van der Waals surface area contributed by atoms with Crippen molar-refractivity contribution in [2.24, 2.45) is 0 Å². The number of thiophene rings is 1. The lowest BCUT2D eigenvalue weighted by molar-refractivity contribution is 0.655. The summed E-state index contributed by atoms with van der Waals surface area (Å²) in [6, 6.07) is 2.22. The van der Waals surface area contributed by atoms with E-state index in [-0.39, 0.29) is 0 Å². The lowest BCUT2D eigenvalue weighted by Crippen LogP contribution is -2.24. The molecule has 1 aromatic rings. The Morgan fingerprint density at radius 1 is 1.46 bits per heavy atom. The highest BCUT2D eigenvalue weighted by atomic mass is 79.9. The molecule has 1 heterocycles. The summed E-state index contributed by atoms with van der Waals surface area (Å²) in [5.41, 5.74) is 1.33. The molecule has 74 valence electrons. The highest BCUT2D eigenvalue weighted by Gasteiger charge is 2.01. The minimum atomic E-state index is 0.971. The van der Waals surface area contributed by atoms with E-state index in [4.69, 9.17) is 0 Å². The summed E-state index contributed by atoms with van der Waals surface area (Å²) in [6.45, 7) is 5.13. The monoisotopic (exact) mass is 262 g/mol. The number of hydrogen-bond donors (Lipinski definition) is 2. The van der Waals surface area contributed by atoms with Crippen LogP contribution in [-0.2, 0) is 6.54 Å². The van der Waals surface area contributed by atoms with Gasteiger partial charge in [0.25, 0.3) is 0 Å². The number of halogens is 1. The zero-order valence-electron chi connectivity index (χ0n) is 7.98. The predicted molar refractivity (Wildman–Crippen MR) is 62.4 cm³/mol. The molecule has 0 saturated carbocycles. The molecule has 0 atom stereocenters. The van der Waals surface area contributed by atoms with Crippen molar-refractivity contribution in [3.63, 3.8) is 0 Å². The Bertz CT molecular complexity index is 241. The van der Waals surface area contributed by atoms with Crippen molar-refractivity contribution in [1.29, 1.82) is 0 Å². The average Bonchev–Trinajstić information content (AvgIpc) is 2.41. The van der Waals surface area contributed by atoms with Crippen LogP contribution in [0.4, 0.5) is 0 Å². The highest BCUT2D eigenvalue weighted by Crippen LogP contribution is 2.26. The molecule has 0 aliphatic carbocycles. The maximum Gasteiger partial charge on any atom is 0.0730 e. The van der Waals surface area contributed by atoms with E-state index >= 15 is 0 Å². The van der Waals surface area contributed by atoms with Crippen LogP contribution in [0.15, 0.2) is 9.85 Å². The Morgan fingerprint density at radius 2 is 2.23 bits per heavy atom. The van der Waals surface area contributed by atoms with Crippen LogP contribution in [0.3, 0.4) is 0 Å². The molecular formula is C9H15BrN2S. The smallest absolute Gasteiger partial charge is 0.0730 e. The summed E-state index contributed by atoms with van der Waals surface area (Å²) < 4.78 is 1.25. The van der Waals surface area contributed by atoms with Crippen molar-refractivity contribution in [2.45, 2.75) is 13.5 Å². The third kappa shape index (κ3) is 3.77. The van der Waals surface area contributed by atoms with Crippen LogP contribution in [-0.4, -0.2) is 20.1 Å². The Labute approximate surface area is 91.9 Å². The number of rotatable bonds is 5. The van der Waals surface area contributed by atoms with E-state index in [0.29, 0.717) is 0 Å². The second kappa shape index (κ2) is 5.75. The molecule has 0 fully saturated rings. The quantitative estimate of drug-likeness (QED) is 0.795. The number of hydrogen-bond acceptors (Lipinski definition) is 3. The standard InChI is InChI=1S/C9H15BrN2S/c1-7-5-8(13-9(7)10)6-12-4-3-11-2/h5,11-12H,3-4,6H2,1-2H3. The minimum absolute atomic E-state index is 0.971. The van der Waals surface area contributed by atoms with E-state index in [9.17, 15) is 0 Å². The minimum Gasteiger partial charge on any atom is -0.318 e. The first-order chi connectivity index (χ1) is 6.24. The first kappa shape index (κ1) is 11.2. The summed E-state index contributed by atoms with van der Waals surface area (Å²) in [7, 11) is 1.97. The van der Waals surface area contributed by atoms with Crippen LogP contribution < -0.4 is 10.6 Å². The van der Waals surface area contributed by atoms with Crippen LogP contribution in [0.25, 0.3) is 0 Å². The van der Waals surface area contributed by atoms with Gasteiger partial charge in [-0.05, 0) is 41.5 Å². The van der Waals surface area contributed by atoms with Crippen LogP contribution >= 0.6 is 27.3 Å². The van der Waals surface area contributed by atoms with Crippen LogP contribution in [0.2, 0.25) is 0 Å². The van der Waals surface area contributed by atoms with E-state index in [2.05, 4.69) is 39.6 Å². The third-order valence-electron chi connectivity index (χ3n) is 1.76. The van der Waals surface area contributed by atoms with Gasteiger partial charge in [-0.15, -0.1) is 11.3 Å². The van der Waals surface area contributed by atoms with E-state index in [1.54, 1.807) is 11.3 Å². The number of aryl methyl sites for hydroxylation is 1. The zero-order chi connectivity index (χ0) is 9.68. The largest absolute Gasteiger partial charge is 0.318 e. The average molecular weight is 263 g/mol. The van der Waals surface area contributed by atoms with Gasteiger partial charge in [0, 0.05) is 24.5 Å². The third-order valence-corrected chi connectivity index (χ3v) is 3.90. The molecular weight excluding hydrogens is 248 g/mol. The Balaban J connectivity index is 2.29. The van der Waals surface area contributed by atoms with Crippen molar-refractivity contribution >= 4 is 27.3 Å². The van der Waals surface area contributed by atoms with Gasteiger partial charge >= 0.3 is 0 Å². The van der Waals surface area contributed by atoms with E-state index in [1.807, 2.05) is 7.05 Å². The molecule has 1 rings (SSSR count). The van der Waals surface area contributed by atoms with Gasteiger partial charge in [0.05, 0.1) is 3.79 Å². The molecule has 2 N–H and O–H groups in total. The molecule has 0 saturated heterocycles. The van der Waals surface area contributed by atoms with E-state index < -0.39 is 0 Å². The Kier molecular flexibility index (Phi) is 4.94. The fourth-order valence-corrected chi connectivity index (χ4v) is 2.63. The van der Waals surface area contributed by atoms with E-state index in [1.165, 1.54) is 14.2 Å². The molecule has 13 heavy (non-hydrogen) atoms. The van der Waals surface area contributed by atoms with E-state index in [0.717, 1.165) is 19.6 Å². The lowest BCUT2D eigenvalue weighted by Gasteiger charge is -2.00. The second-order valence-electron chi connectivity index (χ2n) is 2.95. The summed E-state index contributed by atoms with van der Waals surface area (Å²) in [6.07, 6.45) is 0. The Hall–Kier alpha value is 0.1000. The van der Waals surface area contributed by atoms with Crippen molar-refractivity contribution in [3.05, 3.63) is 20.3 Å². The van der Waals surface area contributed by atoms with Gasteiger partial charge < -0.3 is 10.6 Å². The van der Waals surface area contributed by atoms with Crippen molar-refractivity contribution in [3.8, 4) is 0 Å². The molecule has 1 aromatic heterocycles. The molecule has 0 unspecified atom stereocenters. The summed E-state index contributed by atoms with van der Waals surface area (Å²) in [4.78, 5) is 1.39. The normalized spacial score (nSPS) is 10.7. The molecule has 0 spiro atoms. The highest BCUT2D eigenvalue weighted by molar-refractivity contribution is 9.11. The summed E-state index contributed by atoms with van der Waals surface area (Å²) in [5, 5.41) is 6.47. The fraction of sp³-hybridized carbons (Fsp3) is 0.556. The lowest BCUT2D eigenvalue weighted by atomic mass is 10.3. The van der Waals surface area contributed by atoms with Crippen LogP contribution in [0.1, 0.15) is 10.4 Å². The van der Waals surface area contributed by atoms with Gasteiger partial charge in [-0.1, -0.05) is 0 Å². The fourth-order valence-electron chi connectivity index (χ4n) is 1.04. The van der Waals surface area contributed by atoms with Crippen LogP contribution in [0, 0.1) is 6.92 Å². The molecule has 4 heteroatoms.